The third-order valence-electron chi connectivity index (χ3n) is 2.51. The fourth-order valence-corrected chi connectivity index (χ4v) is 1.54. The Balaban J connectivity index is 0.00000180. The van der Waals surface area contributed by atoms with E-state index in [9.17, 15) is 4.79 Å². The normalized spacial score (nSPS) is 11.5. The third kappa shape index (κ3) is 3.52. The van der Waals surface area contributed by atoms with Crippen LogP contribution in [0.3, 0.4) is 0 Å². The monoisotopic (exact) mass is 281 g/mol. The molecule has 1 aromatic carbocycles. The number of anilines is 1. The van der Waals surface area contributed by atoms with E-state index in [0.717, 1.165) is 11.4 Å². The Kier molecular flexibility index (Phi) is 5.02. The van der Waals surface area contributed by atoms with E-state index in [1.54, 1.807) is 19.3 Å². The Morgan fingerprint density at radius 2 is 2.21 bits per heavy atom. The first kappa shape index (κ1) is 15.1. The van der Waals surface area contributed by atoms with Crippen molar-refractivity contribution >= 4 is 24.0 Å². The van der Waals surface area contributed by atoms with Crippen LogP contribution in [0.1, 0.15) is 6.92 Å². The van der Waals surface area contributed by atoms with Crippen LogP contribution in [0.2, 0.25) is 0 Å². The Morgan fingerprint density at radius 1 is 1.47 bits per heavy atom. The molecule has 0 aliphatic heterocycles. The SMILES string of the molecule is CC(N)C(=O)Nc1cccc(-c2nncn2C)c1.Cl. The molecule has 19 heavy (non-hydrogen) atoms. The molecule has 0 saturated heterocycles. The van der Waals surface area contributed by atoms with Gasteiger partial charge in [-0.3, -0.25) is 4.79 Å². The number of hydrogen-bond acceptors (Lipinski definition) is 4. The van der Waals surface area contributed by atoms with Crippen molar-refractivity contribution in [3.8, 4) is 11.4 Å². The molecule has 0 saturated carbocycles. The second kappa shape index (κ2) is 6.31. The van der Waals surface area contributed by atoms with Crippen LogP contribution in [0.5, 0.6) is 0 Å². The first-order valence-corrected chi connectivity index (χ1v) is 5.59. The lowest BCUT2D eigenvalue weighted by Crippen LogP contribution is -2.32. The topological polar surface area (TPSA) is 85.8 Å². The van der Waals surface area contributed by atoms with E-state index in [-0.39, 0.29) is 18.3 Å². The summed E-state index contributed by atoms with van der Waals surface area (Å²) in [5.74, 6) is 0.525. The van der Waals surface area contributed by atoms with Crippen LogP contribution in [0, 0.1) is 0 Å². The zero-order chi connectivity index (χ0) is 13.1. The number of nitrogens with two attached hydrogens (primary N) is 1. The average Bonchev–Trinajstić information content (AvgIpc) is 2.75. The van der Waals surface area contributed by atoms with Crippen molar-refractivity contribution in [3.05, 3.63) is 30.6 Å². The highest BCUT2D eigenvalue weighted by Crippen LogP contribution is 2.19. The van der Waals surface area contributed by atoms with Crippen LogP contribution in [0.25, 0.3) is 11.4 Å². The number of nitrogens with zero attached hydrogens (tertiary/aromatic N) is 3. The van der Waals surface area contributed by atoms with Crippen LogP contribution in [-0.2, 0) is 11.8 Å². The molecule has 0 bridgehead atoms. The quantitative estimate of drug-likeness (QED) is 0.885. The van der Waals surface area contributed by atoms with E-state index < -0.39 is 6.04 Å². The van der Waals surface area contributed by atoms with Gasteiger partial charge < -0.3 is 15.6 Å². The number of benzene rings is 1. The summed E-state index contributed by atoms with van der Waals surface area (Å²) < 4.78 is 1.81. The fraction of sp³-hybridized carbons (Fsp3) is 0.250. The number of hydrogen-bond donors (Lipinski definition) is 2. The Bertz CT molecular complexity index is 567. The number of aromatic nitrogens is 3. The van der Waals surface area contributed by atoms with Crippen molar-refractivity contribution < 1.29 is 4.79 Å². The summed E-state index contributed by atoms with van der Waals surface area (Å²) in [7, 11) is 1.86. The fourth-order valence-electron chi connectivity index (χ4n) is 1.54. The number of halogens is 1. The van der Waals surface area contributed by atoms with Gasteiger partial charge >= 0.3 is 0 Å². The Hall–Kier alpha value is -1.92. The smallest absolute Gasteiger partial charge is 0.240 e. The minimum Gasteiger partial charge on any atom is -0.325 e. The summed E-state index contributed by atoms with van der Waals surface area (Å²) in [5, 5.41) is 10.6. The molecule has 102 valence electrons. The summed E-state index contributed by atoms with van der Waals surface area (Å²) in [4.78, 5) is 11.5. The van der Waals surface area contributed by atoms with Gasteiger partial charge in [-0.05, 0) is 19.1 Å². The Labute approximate surface area is 117 Å². The van der Waals surface area contributed by atoms with Crippen molar-refractivity contribution in [2.75, 3.05) is 5.32 Å². The molecule has 2 aromatic rings. The van der Waals surface area contributed by atoms with Gasteiger partial charge in [0.05, 0.1) is 6.04 Å². The van der Waals surface area contributed by atoms with Crippen molar-refractivity contribution in [1.82, 2.24) is 14.8 Å². The van der Waals surface area contributed by atoms with Crippen LogP contribution >= 0.6 is 12.4 Å². The first-order valence-electron chi connectivity index (χ1n) is 5.59. The van der Waals surface area contributed by atoms with Gasteiger partial charge in [0.1, 0.15) is 6.33 Å². The van der Waals surface area contributed by atoms with Crippen LogP contribution in [0.15, 0.2) is 30.6 Å². The molecule has 7 heteroatoms. The highest BCUT2D eigenvalue weighted by Gasteiger charge is 2.09. The standard InChI is InChI=1S/C12H15N5O.ClH/c1-8(13)12(18)15-10-5-3-4-9(6-10)11-16-14-7-17(11)2;/h3-8H,13H2,1-2H3,(H,15,18);1H. The summed E-state index contributed by atoms with van der Waals surface area (Å²) >= 11 is 0. The number of aryl methyl sites for hydroxylation is 1. The zero-order valence-electron chi connectivity index (χ0n) is 10.7. The summed E-state index contributed by atoms with van der Waals surface area (Å²) in [6, 6.07) is 6.86. The molecule has 2 rings (SSSR count). The maximum absolute atomic E-state index is 11.5. The number of amides is 1. The molecule has 0 radical (unpaired) electrons. The highest BCUT2D eigenvalue weighted by atomic mass is 35.5. The predicted octanol–water partition coefficient (Wildman–Crippen LogP) is 1.19. The molecule has 6 nitrogen and oxygen atoms in total. The van der Waals surface area contributed by atoms with E-state index in [0.29, 0.717) is 5.69 Å². The van der Waals surface area contributed by atoms with Crippen LogP contribution in [0.4, 0.5) is 5.69 Å². The summed E-state index contributed by atoms with van der Waals surface area (Å²) in [6.45, 7) is 1.64. The van der Waals surface area contributed by atoms with Gasteiger partial charge in [0, 0.05) is 18.3 Å². The molecule has 1 amide bonds. The van der Waals surface area contributed by atoms with Crippen LogP contribution < -0.4 is 11.1 Å². The van der Waals surface area contributed by atoms with Gasteiger partial charge in [-0.25, -0.2) is 0 Å². The number of rotatable bonds is 3. The van der Waals surface area contributed by atoms with Gasteiger partial charge in [-0.1, -0.05) is 12.1 Å². The minimum atomic E-state index is -0.538. The van der Waals surface area contributed by atoms with Gasteiger partial charge in [-0.15, -0.1) is 22.6 Å². The second-order valence-electron chi connectivity index (χ2n) is 4.12. The zero-order valence-corrected chi connectivity index (χ0v) is 11.5. The van der Waals surface area contributed by atoms with E-state index in [2.05, 4.69) is 15.5 Å². The lowest BCUT2D eigenvalue weighted by Gasteiger charge is -2.09. The largest absolute Gasteiger partial charge is 0.325 e. The summed E-state index contributed by atoms with van der Waals surface area (Å²) in [6.07, 6.45) is 1.63. The summed E-state index contributed by atoms with van der Waals surface area (Å²) in [5.41, 5.74) is 7.08. The molecule has 1 aromatic heterocycles. The lowest BCUT2D eigenvalue weighted by atomic mass is 10.2. The Morgan fingerprint density at radius 3 is 2.79 bits per heavy atom. The average molecular weight is 282 g/mol. The highest BCUT2D eigenvalue weighted by molar-refractivity contribution is 5.94. The van der Waals surface area contributed by atoms with Crippen molar-refractivity contribution in [1.29, 1.82) is 0 Å². The lowest BCUT2D eigenvalue weighted by molar-refractivity contribution is -0.117. The molecule has 0 spiro atoms. The molecule has 1 atom stereocenters. The maximum atomic E-state index is 11.5. The number of carbonyl (C=O) groups is 1. The minimum absolute atomic E-state index is 0. The molecular formula is C12H16ClN5O. The van der Waals surface area contributed by atoms with Gasteiger partial charge in [0.2, 0.25) is 5.91 Å². The molecule has 3 N–H and O–H groups in total. The molecule has 0 aliphatic carbocycles. The van der Waals surface area contributed by atoms with Crippen molar-refractivity contribution in [2.24, 2.45) is 12.8 Å². The number of carbonyl (C=O) groups excluding carboxylic acids is 1. The van der Waals surface area contributed by atoms with Crippen molar-refractivity contribution in [2.45, 2.75) is 13.0 Å². The van der Waals surface area contributed by atoms with Gasteiger partial charge in [0.25, 0.3) is 0 Å². The van der Waals surface area contributed by atoms with Crippen LogP contribution in [-0.4, -0.2) is 26.7 Å². The van der Waals surface area contributed by atoms with Crippen molar-refractivity contribution in [3.63, 3.8) is 0 Å². The van der Waals surface area contributed by atoms with E-state index in [1.807, 2.05) is 29.8 Å². The molecule has 1 heterocycles. The molecule has 0 fully saturated rings. The van der Waals surface area contributed by atoms with E-state index in [4.69, 9.17) is 5.73 Å². The second-order valence-corrected chi connectivity index (χ2v) is 4.12. The molecular weight excluding hydrogens is 266 g/mol. The van der Waals surface area contributed by atoms with Gasteiger partial charge in [0.15, 0.2) is 5.82 Å². The van der Waals surface area contributed by atoms with E-state index >= 15 is 0 Å². The van der Waals surface area contributed by atoms with E-state index in [1.165, 1.54) is 0 Å². The van der Waals surface area contributed by atoms with Gasteiger partial charge in [-0.2, -0.15) is 0 Å². The maximum Gasteiger partial charge on any atom is 0.240 e. The molecule has 1 unspecified atom stereocenters. The predicted molar refractivity (Wildman–Crippen MR) is 76.0 cm³/mol. The molecule has 0 aliphatic rings. The number of nitrogens with one attached hydrogen (secondary N) is 1. The first-order chi connectivity index (χ1) is 8.58. The third-order valence-corrected chi connectivity index (χ3v) is 2.51.